The van der Waals surface area contributed by atoms with Crippen molar-refractivity contribution in [3.63, 3.8) is 0 Å². The van der Waals surface area contributed by atoms with Crippen molar-refractivity contribution in [2.45, 2.75) is 12.8 Å². The lowest BCUT2D eigenvalue weighted by molar-refractivity contribution is -0.142. The van der Waals surface area contributed by atoms with Gasteiger partial charge in [0.05, 0.1) is 17.0 Å². The number of benzene rings is 1. The van der Waals surface area contributed by atoms with Gasteiger partial charge in [0.1, 0.15) is 0 Å². The fraction of sp³-hybridized carbons (Fsp3) is 0.412. The van der Waals surface area contributed by atoms with Crippen LogP contribution in [0, 0.1) is 17.8 Å². The van der Waals surface area contributed by atoms with Gasteiger partial charge in [-0.3, -0.25) is 19.2 Å². The van der Waals surface area contributed by atoms with Crippen LogP contribution in [0.15, 0.2) is 27.8 Å². The lowest BCUT2D eigenvalue weighted by atomic mass is 9.92. The summed E-state index contributed by atoms with van der Waals surface area (Å²) in [5.41, 5.74) is -0.374. The molecule has 8 nitrogen and oxygen atoms in total. The number of hydrogen-bond donors (Lipinski definition) is 3. The molecule has 1 saturated heterocycles. The molecule has 2 fully saturated rings. The van der Waals surface area contributed by atoms with E-state index in [2.05, 4.69) is 9.97 Å². The van der Waals surface area contributed by atoms with Crippen molar-refractivity contribution in [3.8, 4) is 0 Å². The van der Waals surface area contributed by atoms with Crippen LogP contribution in [0.1, 0.15) is 23.2 Å². The molecular weight excluding hydrogens is 326 g/mol. The number of carbonyl (C=O) groups is 2. The number of amides is 1. The van der Waals surface area contributed by atoms with E-state index in [1.165, 1.54) is 6.07 Å². The Kier molecular flexibility index (Phi) is 3.48. The van der Waals surface area contributed by atoms with Crippen LogP contribution in [0.4, 0.5) is 0 Å². The summed E-state index contributed by atoms with van der Waals surface area (Å²) in [6.07, 6.45) is 2.06. The molecule has 4 rings (SSSR count). The van der Waals surface area contributed by atoms with E-state index >= 15 is 0 Å². The smallest absolute Gasteiger partial charge is 0.314 e. The van der Waals surface area contributed by atoms with Crippen LogP contribution >= 0.6 is 0 Å². The molecule has 1 aromatic heterocycles. The lowest BCUT2D eigenvalue weighted by Gasteiger charge is -2.16. The first kappa shape index (κ1) is 15.6. The molecule has 1 amide bonds. The third-order valence-corrected chi connectivity index (χ3v) is 5.17. The zero-order chi connectivity index (χ0) is 17.7. The van der Waals surface area contributed by atoms with Gasteiger partial charge in [0, 0.05) is 18.7 Å². The zero-order valence-corrected chi connectivity index (χ0v) is 13.3. The van der Waals surface area contributed by atoms with Crippen LogP contribution in [0.25, 0.3) is 11.0 Å². The Labute approximate surface area is 141 Å². The number of nitrogens with zero attached hydrogens (tertiary/aromatic N) is 1. The predicted molar refractivity (Wildman–Crippen MR) is 88.4 cm³/mol. The maximum absolute atomic E-state index is 12.8. The molecule has 0 unspecified atom stereocenters. The molecule has 1 saturated carbocycles. The van der Waals surface area contributed by atoms with Gasteiger partial charge in [-0.25, -0.2) is 0 Å². The molecular formula is C17H17N3O5. The molecule has 130 valence electrons. The molecule has 0 bridgehead atoms. The summed E-state index contributed by atoms with van der Waals surface area (Å²) in [6.45, 7) is 0.649. The van der Waals surface area contributed by atoms with Gasteiger partial charge >= 0.3 is 17.1 Å². The van der Waals surface area contributed by atoms with Gasteiger partial charge in [0.2, 0.25) is 0 Å². The topological polar surface area (TPSA) is 123 Å². The van der Waals surface area contributed by atoms with Crippen LogP contribution in [-0.2, 0) is 4.79 Å². The average molecular weight is 343 g/mol. The van der Waals surface area contributed by atoms with Gasteiger partial charge in [-0.2, -0.15) is 0 Å². The second kappa shape index (κ2) is 5.58. The highest BCUT2D eigenvalue weighted by Gasteiger charge is 2.46. The monoisotopic (exact) mass is 343 g/mol. The van der Waals surface area contributed by atoms with E-state index in [4.69, 9.17) is 0 Å². The van der Waals surface area contributed by atoms with Gasteiger partial charge in [0.15, 0.2) is 0 Å². The first-order valence-electron chi connectivity index (χ1n) is 8.22. The predicted octanol–water partition coefficient (Wildman–Crippen LogP) is 0.399. The third kappa shape index (κ3) is 2.73. The summed E-state index contributed by atoms with van der Waals surface area (Å²) in [5, 5.41) is 9.42. The molecule has 2 aromatic rings. The van der Waals surface area contributed by atoms with E-state index in [0.717, 1.165) is 12.8 Å². The standard InChI is InChI=1S/C17H17N3O5/c21-14-15(22)19-13-5-9(3-4-12(13)18-14)16(23)20-6-10(8-1-2-8)11(7-20)17(24)25/h3-5,8,10-11H,1-2,6-7H2,(H,18,21)(H,19,22)(H,24,25)/t10-,11+/m0/s1. The number of carboxylic acids is 1. The number of rotatable bonds is 3. The Hall–Kier alpha value is -2.90. The van der Waals surface area contributed by atoms with Gasteiger partial charge in [-0.15, -0.1) is 0 Å². The van der Waals surface area contributed by atoms with Crippen molar-refractivity contribution in [2.24, 2.45) is 17.8 Å². The summed E-state index contributed by atoms with van der Waals surface area (Å²) in [6, 6.07) is 4.64. The summed E-state index contributed by atoms with van der Waals surface area (Å²) in [4.78, 5) is 53.5. The maximum atomic E-state index is 12.8. The Balaban J connectivity index is 1.63. The molecule has 0 radical (unpaired) electrons. The summed E-state index contributed by atoms with van der Waals surface area (Å²) >= 11 is 0. The number of carboxylic acid groups (broad SMARTS) is 1. The lowest BCUT2D eigenvalue weighted by Crippen LogP contribution is -2.31. The highest BCUT2D eigenvalue weighted by atomic mass is 16.4. The number of nitrogens with one attached hydrogen (secondary N) is 2. The SMILES string of the molecule is O=C(O)[C@@H]1CN(C(=O)c2ccc3[nH]c(=O)c(=O)[nH]c3c2)C[C@H]1C1CC1. The first-order valence-corrected chi connectivity index (χ1v) is 8.22. The van der Waals surface area contributed by atoms with Crippen molar-refractivity contribution in [2.75, 3.05) is 13.1 Å². The molecule has 1 aliphatic heterocycles. The number of fused-ring (bicyclic) bond motifs is 1. The van der Waals surface area contributed by atoms with E-state index < -0.39 is 23.0 Å². The van der Waals surface area contributed by atoms with Crippen molar-refractivity contribution >= 4 is 22.9 Å². The number of aromatic amines is 2. The normalized spacial score (nSPS) is 23.1. The minimum absolute atomic E-state index is 0.0121. The summed E-state index contributed by atoms with van der Waals surface area (Å²) in [7, 11) is 0. The van der Waals surface area contributed by atoms with Crippen LogP contribution in [0.2, 0.25) is 0 Å². The summed E-state index contributed by atoms with van der Waals surface area (Å²) in [5.74, 6) is -1.22. The molecule has 1 aliphatic carbocycles. The molecule has 1 aromatic carbocycles. The molecule has 2 heterocycles. The van der Waals surface area contributed by atoms with Crippen molar-refractivity contribution < 1.29 is 14.7 Å². The van der Waals surface area contributed by atoms with Gasteiger partial charge < -0.3 is 20.0 Å². The molecule has 2 aliphatic rings. The van der Waals surface area contributed by atoms with Crippen LogP contribution in [0.3, 0.4) is 0 Å². The Morgan fingerprint density at radius 2 is 1.72 bits per heavy atom. The maximum Gasteiger partial charge on any atom is 0.314 e. The second-order valence-electron chi connectivity index (χ2n) is 6.82. The van der Waals surface area contributed by atoms with E-state index in [1.54, 1.807) is 17.0 Å². The first-order chi connectivity index (χ1) is 11.9. The fourth-order valence-electron chi connectivity index (χ4n) is 3.69. The summed E-state index contributed by atoms with van der Waals surface area (Å²) < 4.78 is 0. The zero-order valence-electron chi connectivity index (χ0n) is 13.3. The quantitative estimate of drug-likeness (QED) is 0.696. The molecule has 25 heavy (non-hydrogen) atoms. The Morgan fingerprint density at radius 1 is 1.04 bits per heavy atom. The van der Waals surface area contributed by atoms with E-state index in [9.17, 15) is 24.3 Å². The highest BCUT2D eigenvalue weighted by molar-refractivity contribution is 5.97. The molecule has 0 spiro atoms. The second-order valence-corrected chi connectivity index (χ2v) is 6.82. The van der Waals surface area contributed by atoms with Crippen LogP contribution in [0.5, 0.6) is 0 Å². The van der Waals surface area contributed by atoms with E-state index in [1.807, 2.05) is 0 Å². The van der Waals surface area contributed by atoms with Crippen LogP contribution < -0.4 is 11.1 Å². The number of likely N-dealkylation sites (tertiary alicyclic amines) is 1. The number of H-pyrrole nitrogens is 2. The number of hydrogen-bond acceptors (Lipinski definition) is 4. The van der Waals surface area contributed by atoms with Crippen molar-refractivity contribution in [3.05, 3.63) is 44.5 Å². The average Bonchev–Trinajstić information content (AvgIpc) is 3.33. The number of carbonyl (C=O) groups excluding carboxylic acids is 1. The Bertz CT molecular complexity index is 988. The minimum atomic E-state index is -0.854. The molecule has 8 heteroatoms. The third-order valence-electron chi connectivity index (χ3n) is 5.17. The molecule has 2 atom stereocenters. The molecule has 3 N–H and O–H groups in total. The van der Waals surface area contributed by atoms with E-state index in [0.29, 0.717) is 29.1 Å². The number of aliphatic carboxylic acids is 1. The van der Waals surface area contributed by atoms with Gasteiger partial charge in [0.25, 0.3) is 5.91 Å². The van der Waals surface area contributed by atoms with Gasteiger partial charge in [-0.05, 0) is 42.9 Å². The van der Waals surface area contributed by atoms with Crippen molar-refractivity contribution in [1.82, 2.24) is 14.9 Å². The largest absolute Gasteiger partial charge is 0.481 e. The van der Waals surface area contributed by atoms with Gasteiger partial charge in [-0.1, -0.05) is 0 Å². The highest BCUT2D eigenvalue weighted by Crippen LogP contribution is 2.44. The van der Waals surface area contributed by atoms with Crippen molar-refractivity contribution in [1.29, 1.82) is 0 Å². The fourth-order valence-corrected chi connectivity index (χ4v) is 3.69. The van der Waals surface area contributed by atoms with E-state index in [-0.39, 0.29) is 18.4 Å². The number of aromatic nitrogens is 2. The Morgan fingerprint density at radius 3 is 2.36 bits per heavy atom. The van der Waals surface area contributed by atoms with Crippen LogP contribution in [-0.4, -0.2) is 44.9 Å². The minimum Gasteiger partial charge on any atom is -0.481 e.